The van der Waals surface area contributed by atoms with E-state index in [0.717, 1.165) is 45.2 Å². The van der Waals surface area contributed by atoms with Gasteiger partial charge in [-0.1, -0.05) is 12.8 Å². The number of hydrogen-bond acceptors (Lipinski definition) is 9. The quantitative estimate of drug-likeness (QED) is 0.500. The third-order valence-electron chi connectivity index (χ3n) is 8.42. The van der Waals surface area contributed by atoms with Gasteiger partial charge in [0.2, 0.25) is 0 Å². The van der Waals surface area contributed by atoms with Gasteiger partial charge in [-0.25, -0.2) is 0 Å². The maximum atomic E-state index is 13.1. The largest absolute Gasteiger partial charge is 0.379 e. The second-order valence-electron chi connectivity index (χ2n) is 10.2. The molecule has 2 saturated carbocycles. The first-order chi connectivity index (χ1) is 16.1. The van der Waals surface area contributed by atoms with E-state index in [1.165, 1.54) is 6.42 Å². The van der Waals surface area contributed by atoms with Gasteiger partial charge in [0, 0.05) is 52.4 Å². The van der Waals surface area contributed by atoms with Gasteiger partial charge in [-0.2, -0.15) is 0 Å². The van der Waals surface area contributed by atoms with Gasteiger partial charge in [0.1, 0.15) is 6.29 Å². The van der Waals surface area contributed by atoms with E-state index >= 15 is 0 Å². The highest BCUT2D eigenvalue weighted by Crippen LogP contribution is 2.33. The molecule has 0 aromatic heterocycles. The monoisotopic (exact) mass is 467 g/mol. The number of ether oxygens (including phenoxy) is 4. The van der Waals surface area contributed by atoms with Gasteiger partial charge in [-0.05, 0) is 25.7 Å². The highest BCUT2D eigenvalue weighted by atomic mass is 16.6. The van der Waals surface area contributed by atoms with Gasteiger partial charge in [0.15, 0.2) is 6.10 Å². The lowest BCUT2D eigenvalue weighted by molar-refractivity contribution is -0.202. The van der Waals surface area contributed by atoms with Gasteiger partial charge in [-0.15, -0.1) is 0 Å². The average molecular weight is 468 g/mol. The molecule has 5 fully saturated rings. The number of fused-ring (bicyclic) bond motifs is 2. The van der Waals surface area contributed by atoms with Crippen LogP contribution in [0, 0.1) is 5.92 Å². The molecule has 0 aromatic carbocycles. The Labute approximate surface area is 196 Å². The van der Waals surface area contributed by atoms with Gasteiger partial charge < -0.3 is 29.6 Å². The molecule has 0 bridgehead atoms. The minimum atomic E-state index is -0.460. The number of amides is 1. The molecule has 4 N–H and O–H groups in total. The van der Waals surface area contributed by atoms with Crippen molar-refractivity contribution in [3.05, 3.63) is 0 Å². The van der Waals surface area contributed by atoms with Gasteiger partial charge in [-0.3, -0.25) is 20.3 Å². The normalized spacial score (nSPS) is 44.7. The molecule has 33 heavy (non-hydrogen) atoms. The number of nitrogens with zero attached hydrogens (tertiary/aromatic N) is 2. The van der Waals surface area contributed by atoms with Crippen LogP contribution in [0.5, 0.6) is 0 Å². The lowest BCUT2D eigenvalue weighted by atomic mass is 9.78. The number of piperazine rings is 1. The molecular formula is C23H41N5O5. The second-order valence-corrected chi connectivity index (χ2v) is 10.2. The van der Waals surface area contributed by atoms with E-state index < -0.39 is 6.10 Å². The van der Waals surface area contributed by atoms with Gasteiger partial charge in [0.05, 0.1) is 37.2 Å². The molecule has 10 heteroatoms. The molecule has 5 aliphatic rings. The van der Waals surface area contributed by atoms with Crippen molar-refractivity contribution in [2.24, 2.45) is 11.7 Å². The third-order valence-corrected chi connectivity index (χ3v) is 8.42. The van der Waals surface area contributed by atoms with Crippen molar-refractivity contribution in [3.63, 3.8) is 0 Å². The fourth-order valence-electron chi connectivity index (χ4n) is 6.42. The van der Waals surface area contributed by atoms with E-state index in [1.54, 1.807) is 14.2 Å². The van der Waals surface area contributed by atoms with E-state index in [4.69, 9.17) is 24.7 Å². The highest BCUT2D eigenvalue weighted by molar-refractivity contribution is 5.81. The van der Waals surface area contributed by atoms with E-state index in [9.17, 15) is 4.79 Å². The minimum absolute atomic E-state index is 0.00707. The Morgan fingerprint density at radius 2 is 1.67 bits per heavy atom. The molecule has 2 aliphatic carbocycles. The SMILES string of the molecule is COC1CC2NC(N3CCN(C(=O)[C@H]4COC5CCCCC5O4)CC3)NC(N)C2CC1OC. The molecule has 8 unspecified atom stereocenters. The number of nitrogens with one attached hydrogen (secondary N) is 2. The van der Waals surface area contributed by atoms with Crippen molar-refractivity contribution in [1.82, 2.24) is 20.4 Å². The maximum absolute atomic E-state index is 13.1. The summed E-state index contributed by atoms with van der Waals surface area (Å²) < 4.78 is 23.5. The molecule has 0 spiro atoms. The van der Waals surface area contributed by atoms with Crippen LogP contribution >= 0.6 is 0 Å². The number of carbonyl (C=O) groups is 1. The van der Waals surface area contributed by atoms with E-state index in [2.05, 4.69) is 15.5 Å². The number of methoxy groups -OCH3 is 2. The molecule has 188 valence electrons. The summed E-state index contributed by atoms with van der Waals surface area (Å²) >= 11 is 0. The van der Waals surface area contributed by atoms with Crippen molar-refractivity contribution in [2.75, 3.05) is 47.0 Å². The molecular weight excluding hydrogens is 426 g/mol. The Hall–Kier alpha value is -0.850. The van der Waals surface area contributed by atoms with Crippen molar-refractivity contribution in [2.45, 2.75) is 87.5 Å². The number of nitrogens with two attached hydrogens (primary N) is 1. The first-order valence-electron chi connectivity index (χ1n) is 12.7. The fraction of sp³-hybridized carbons (Fsp3) is 0.957. The van der Waals surface area contributed by atoms with Crippen LogP contribution in [-0.2, 0) is 23.7 Å². The van der Waals surface area contributed by atoms with Crippen LogP contribution in [0.15, 0.2) is 0 Å². The number of carbonyl (C=O) groups excluding carboxylic acids is 1. The maximum Gasteiger partial charge on any atom is 0.254 e. The molecule has 10 nitrogen and oxygen atoms in total. The lowest BCUT2D eigenvalue weighted by Crippen LogP contribution is -2.74. The summed E-state index contributed by atoms with van der Waals surface area (Å²) in [4.78, 5) is 17.4. The van der Waals surface area contributed by atoms with Crippen LogP contribution in [0.25, 0.3) is 0 Å². The third kappa shape index (κ3) is 4.95. The minimum Gasteiger partial charge on any atom is -0.379 e. The van der Waals surface area contributed by atoms with Gasteiger partial charge >= 0.3 is 0 Å². The zero-order valence-electron chi connectivity index (χ0n) is 20.0. The molecule has 5 rings (SSSR count). The van der Waals surface area contributed by atoms with Crippen LogP contribution in [0.3, 0.4) is 0 Å². The molecule has 0 radical (unpaired) electrons. The summed E-state index contributed by atoms with van der Waals surface area (Å²) in [7, 11) is 3.50. The van der Waals surface area contributed by atoms with E-state index in [1.807, 2.05) is 4.90 Å². The fourth-order valence-corrected chi connectivity index (χ4v) is 6.42. The van der Waals surface area contributed by atoms with Crippen molar-refractivity contribution < 1.29 is 23.7 Å². The second kappa shape index (κ2) is 10.4. The zero-order valence-corrected chi connectivity index (χ0v) is 20.0. The van der Waals surface area contributed by atoms with E-state index in [0.29, 0.717) is 25.6 Å². The lowest BCUT2D eigenvalue weighted by Gasteiger charge is -2.51. The Morgan fingerprint density at radius 1 is 0.970 bits per heavy atom. The standard InChI is InChI=1S/C23H41N5O5/c1-30-18-11-14-15(12-19(18)31-2)25-23(26-21(14)24)28-9-7-27(8-10-28)22(29)20-13-32-16-5-3-4-6-17(16)33-20/h14-21,23,25-26H,3-13,24H2,1-2H3/t14?,15?,16?,17?,18?,19?,20-,21?,23?/m1/s1. The summed E-state index contributed by atoms with van der Waals surface area (Å²) in [5.74, 6) is 0.369. The summed E-state index contributed by atoms with van der Waals surface area (Å²) in [6.45, 7) is 3.32. The van der Waals surface area contributed by atoms with Crippen LogP contribution < -0.4 is 16.4 Å². The summed E-state index contributed by atoms with van der Waals surface area (Å²) in [6, 6.07) is 0.276. The summed E-state index contributed by atoms with van der Waals surface area (Å²) in [5, 5.41) is 7.30. The van der Waals surface area contributed by atoms with Gasteiger partial charge in [0.25, 0.3) is 5.91 Å². The van der Waals surface area contributed by atoms with Crippen molar-refractivity contribution >= 4 is 5.91 Å². The Morgan fingerprint density at radius 3 is 2.39 bits per heavy atom. The van der Waals surface area contributed by atoms with Crippen LogP contribution in [0.1, 0.15) is 38.5 Å². The highest BCUT2D eigenvalue weighted by Gasteiger charge is 2.46. The molecule has 3 aliphatic heterocycles. The first kappa shape index (κ1) is 23.9. The average Bonchev–Trinajstić information content (AvgIpc) is 2.87. The predicted molar refractivity (Wildman–Crippen MR) is 121 cm³/mol. The summed E-state index contributed by atoms with van der Waals surface area (Å²) in [5.41, 5.74) is 6.55. The zero-order chi connectivity index (χ0) is 22.9. The number of hydrogen-bond donors (Lipinski definition) is 3. The molecule has 1 amide bonds. The molecule has 9 atom stereocenters. The molecule has 3 heterocycles. The summed E-state index contributed by atoms with van der Waals surface area (Å²) in [6.07, 6.45) is 5.99. The molecule has 0 aromatic rings. The van der Waals surface area contributed by atoms with E-state index in [-0.39, 0.29) is 48.8 Å². The smallest absolute Gasteiger partial charge is 0.254 e. The van der Waals surface area contributed by atoms with Crippen LogP contribution in [-0.4, -0.2) is 112 Å². The Bertz CT molecular complexity index is 678. The first-order valence-corrected chi connectivity index (χ1v) is 12.7. The Balaban J connectivity index is 1.13. The Kier molecular flexibility index (Phi) is 7.53. The molecule has 3 saturated heterocycles. The predicted octanol–water partition coefficient (Wildman–Crippen LogP) is -0.573. The van der Waals surface area contributed by atoms with Crippen LogP contribution in [0.4, 0.5) is 0 Å². The topological polar surface area (TPSA) is 111 Å². The number of rotatable bonds is 4. The van der Waals surface area contributed by atoms with Crippen molar-refractivity contribution in [3.8, 4) is 0 Å². The van der Waals surface area contributed by atoms with Crippen LogP contribution in [0.2, 0.25) is 0 Å². The van der Waals surface area contributed by atoms with Crippen molar-refractivity contribution in [1.29, 1.82) is 0 Å².